The predicted octanol–water partition coefficient (Wildman–Crippen LogP) is 2.51. The van der Waals surface area contributed by atoms with Gasteiger partial charge in [0.05, 0.1) is 0 Å². The van der Waals surface area contributed by atoms with Gasteiger partial charge in [-0.25, -0.2) is 23.1 Å². The van der Waals surface area contributed by atoms with Gasteiger partial charge in [-0.1, -0.05) is 23.2 Å². The zero-order chi connectivity index (χ0) is 11.6. The number of nitrogens with zero attached hydrogens (tertiary/aromatic N) is 2. The van der Waals surface area contributed by atoms with E-state index >= 15 is 0 Å². The third kappa shape index (κ3) is 3.10. The molecule has 1 rings (SSSR count). The van der Waals surface area contributed by atoms with Crippen LogP contribution in [-0.2, 0) is 6.42 Å². The van der Waals surface area contributed by atoms with Crippen LogP contribution < -0.4 is 5.73 Å². The highest BCUT2D eigenvalue weighted by Gasteiger charge is 2.23. The van der Waals surface area contributed by atoms with Crippen LogP contribution in [0.5, 0.6) is 0 Å². The topological polar surface area (TPSA) is 51.8 Å². The molecule has 1 atom stereocenters. The fraction of sp³-hybridized carbons (Fsp3) is 0.429. The Kier molecular flexibility index (Phi) is 3.98. The standard InChI is InChI=1S/C7H6Cl2F3N3/c8-4-2(1-3(10)6(11)12)5(9)15-7(13)14-4/h3,6H,1H2,(H2,13,14,15). The minimum absolute atomic E-state index is 0.0691. The Morgan fingerprint density at radius 2 is 1.60 bits per heavy atom. The Balaban J connectivity index is 2.95. The van der Waals surface area contributed by atoms with Crippen molar-refractivity contribution in [3.8, 4) is 0 Å². The number of anilines is 1. The van der Waals surface area contributed by atoms with Crippen LogP contribution in [0.25, 0.3) is 0 Å². The monoisotopic (exact) mass is 259 g/mol. The summed E-state index contributed by atoms with van der Waals surface area (Å²) in [5.41, 5.74) is 5.12. The number of alkyl halides is 3. The Morgan fingerprint density at radius 1 is 1.13 bits per heavy atom. The van der Waals surface area contributed by atoms with Crippen LogP contribution >= 0.6 is 23.2 Å². The molecule has 0 aliphatic rings. The SMILES string of the molecule is Nc1nc(Cl)c(CC(F)C(F)F)c(Cl)n1. The average Bonchev–Trinajstić information content (AvgIpc) is 2.10. The molecule has 0 saturated heterocycles. The van der Waals surface area contributed by atoms with Gasteiger partial charge in [0.2, 0.25) is 5.95 Å². The third-order valence-electron chi connectivity index (χ3n) is 1.60. The maximum absolute atomic E-state index is 12.7. The summed E-state index contributed by atoms with van der Waals surface area (Å²) >= 11 is 11.1. The molecule has 0 amide bonds. The lowest BCUT2D eigenvalue weighted by Gasteiger charge is -2.09. The quantitative estimate of drug-likeness (QED) is 0.849. The van der Waals surface area contributed by atoms with Crippen molar-refractivity contribution in [1.82, 2.24) is 9.97 Å². The Hall–Kier alpha value is -0.750. The summed E-state index contributed by atoms with van der Waals surface area (Å²) in [5.74, 6) is -0.193. The number of hydrogen-bond donors (Lipinski definition) is 1. The maximum atomic E-state index is 12.7. The first-order chi connectivity index (χ1) is 6.91. The van der Waals surface area contributed by atoms with E-state index in [1.807, 2.05) is 0 Å². The molecule has 1 aromatic rings. The van der Waals surface area contributed by atoms with Crippen LogP contribution in [-0.4, -0.2) is 22.6 Å². The Morgan fingerprint density at radius 3 is 2.00 bits per heavy atom. The summed E-state index contributed by atoms with van der Waals surface area (Å²) in [6.07, 6.45) is -6.10. The molecular formula is C7H6Cl2F3N3. The number of nitrogens with two attached hydrogens (primary N) is 1. The van der Waals surface area contributed by atoms with Crippen LogP contribution in [0, 0.1) is 0 Å². The van der Waals surface area contributed by atoms with Crippen molar-refractivity contribution in [2.75, 3.05) is 5.73 Å². The summed E-state index contributed by atoms with van der Waals surface area (Å²) in [7, 11) is 0. The molecule has 0 aliphatic heterocycles. The van der Waals surface area contributed by atoms with E-state index in [-0.39, 0.29) is 21.8 Å². The zero-order valence-electron chi connectivity index (χ0n) is 7.22. The largest absolute Gasteiger partial charge is 0.368 e. The van der Waals surface area contributed by atoms with Crippen molar-refractivity contribution >= 4 is 29.2 Å². The molecule has 84 valence electrons. The van der Waals surface area contributed by atoms with Gasteiger partial charge in [-0.15, -0.1) is 0 Å². The van der Waals surface area contributed by atoms with Gasteiger partial charge in [-0.2, -0.15) is 0 Å². The van der Waals surface area contributed by atoms with Gasteiger partial charge >= 0.3 is 0 Å². The van der Waals surface area contributed by atoms with Crippen molar-refractivity contribution in [2.45, 2.75) is 19.0 Å². The second kappa shape index (κ2) is 4.85. The Bertz CT molecular complexity index is 338. The van der Waals surface area contributed by atoms with E-state index in [0.717, 1.165) is 0 Å². The average molecular weight is 260 g/mol. The van der Waals surface area contributed by atoms with Crippen LogP contribution in [0.15, 0.2) is 0 Å². The van der Waals surface area contributed by atoms with Crippen molar-refractivity contribution in [3.63, 3.8) is 0 Å². The van der Waals surface area contributed by atoms with Gasteiger partial charge in [0.1, 0.15) is 10.3 Å². The van der Waals surface area contributed by atoms with E-state index in [4.69, 9.17) is 28.9 Å². The summed E-state index contributed by atoms with van der Waals surface area (Å²) < 4.78 is 36.6. The fourth-order valence-corrected chi connectivity index (χ4v) is 1.45. The van der Waals surface area contributed by atoms with Gasteiger partial charge in [0.25, 0.3) is 6.43 Å². The molecule has 0 radical (unpaired) electrons. The van der Waals surface area contributed by atoms with Crippen LogP contribution in [0.4, 0.5) is 19.1 Å². The fourth-order valence-electron chi connectivity index (χ4n) is 0.899. The minimum Gasteiger partial charge on any atom is -0.368 e. The molecule has 2 N–H and O–H groups in total. The first-order valence-corrected chi connectivity index (χ1v) is 4.57. The van der Waals surface area contributed by atoms with E-state index in [1.165, 1.54) is 0 Å². The van der Waals surface area contributed by atoms with Crippen molar-refractivity contribution < 1.29 is 13.2 Å². The molecule has 0 aliphatic carbocycles. The molecule has 8 heteroatoms. The van der Waals surface area contributed by atoms with Gasteiger partial charge in [-0.05, 0) is 0 Å². The Labute approximate surface area is 93.4 Å². The van der Waals surface area contributed by atoms with Crippen molar-refractivity contribution in [3.05, 3.63) is 15.9 Å². The van der Waals surface area contributed by atoms with E-state index in [0.29, 0.717) is 0 Å². The maximum Gasteiger partial charge on any atom is 0.269 e. The number of rotatable bonds is 3. The van der Waals surface area contributed by atoms with Gasteiger partial charge in [0, 0.05) is 12.0 Å². The second-order valence-electron chi connectivity index (χ2n) is 2.70. The molecule has 0 saturated carbocycles. The van der Waals surface area contributed by atoms with E-state index in [2.05, 4.69) is 9.97 Å². The molecule has 1 aromatic heterocycles. The van der Waals surface area contributed by atoms with Gasteiger partial charge in [0.15, 0.2) is 6.17 Å². The number of hydrogen-bond acceptors (Lipinski definition) is 3. The number of halogens is 5. The highest BCUT2D eigenvalue weighted by atomic mass is 35.5. The third-order valence-corrected chi connectivity index (χ3v) is 2.22. The summed E-state index contributed by atoms with van der Waals surface area (Å²) in [4.78, 5) is 6.97. The van der Waals surface area contributed by atoms with E-state index in [1.54, 1.807) is 0 Å². The predicted molar refractivity (Wildman–Crippen MR) is 51.1 cm³/mol. The van der Waals surface area contributed by atoms with Crippen molar-refractivity contribution in [1.29, 1.82) is 0 Å². The lowest BCUT2D eigenvalue weighted by atomic mass is 10.2. The van der Waals surface area contributed by atoms with Gasteiger partial charge < -0.3 is 5.73 Å². The van der Waals surface area contributed by atoms with E-state index < -0.39 is 19.0 Å². The smallest absolute Gasteiger partial charge is 0.269 e. The number of aromatic nitrogens is 2. The molecular weight excluding hydrogens is 254 g/mol. The highest BCUT2D eigenvalue weighted by Crippen LogP contribution is 2.25. The summed E-state index contributed by atoms with van der Waals surface area (Å²) in [6, 6.07) is 0. The molecule has 0 aromatic carbocycles. The van der Waals surface area contributed by atoms with Gasteiger partial charge in [-0.3, -0.25) is 0 Å². The van der Waals surface area contributed by atoms with Crippen LogP contribution in [0.3, 0.4) is 0 Å². The van der Waals surface area contributed by atoms with E-state index in [9.17, 15) is 13.2 Å². The summed E-state index contributed by atoms with van der Waals surface area (Å²) in [6.45, 7) is 0. The first-order valence-electron chi connectivity index (χ1n) is 3.81. The molecule has 15 heavy (non-hydrogen) atoms. The molecule has 0 fully saturated rings. The van der Waals surface area contributed by atoms with Crippen LogP contribution in [0.2, 0.25) is 10.3 Å². The molecule has 0 bridgehead atoms. The molecule has 3 nitrogen and oxygen atoms in total. The summed E-state index contributed by atoms with van der Waals surface area (Å²) in [5, 5.41) is -0.424. The minimum atomic E-state index is -3.10. The normalized spacial score (nSPS) is 13.2. The molecule has 1 heterocycles. The number of nitrogen functional groups attached to an aromatic ring is 1. The van der Waals surface area contributed by atoms with Crippen molar-refractivity contribution in [2.24, 2.45) is 0 Å². The molecule has 0 spiro atoms. The molecule has 1 unspecified atom stereocenters. The first kappa shape index (κ1) is 12.3. The lowest BCUT2D eigenvalue weighted by molar-refractivity contribution is 0.0503. The van der Waals surface area contributed by atoms with Crippen LogP contribution in [0.1, 0.15) is 5.56 Å². The second-order valence-corrected chi connectivity index (χ2v) is 3.41. The lowest BCUT2D eigenvalue weighted by Crippen LogP contribution is -2.16. The zero-order valence-corrected chi connectivity index (χ0v) is 8.74. The highest BCUT2D eigenvalue weighted by molar-refractivity contribution is 6.34.